The standard InChI is InChI=1S/C18H17N3O5S2/c22-16(14-10-1-2-11(9-10)15(14)17(23)24)20-12-3-5-13(6-4-12)28(25,26)21-18-19-7-8-27-18/h1-8,10-11,14-15H,9H2,(H,19,21)(H,20,22)(H,23,24). The summed E-state index contributed by atoms with van der Waals surface area (Å²) in [7, 11) is -3.77. The lowest BCUT2D eigenvalue weighted by atomic mass is 9.82. The topological polar surface area (TPSA) is 125 Å². The molecule has 2 aromatic rings. The summed E-state index contributed by atoms with van der Waals surface area (Å²) in [6.07, 6.45) is 5.96. The number of carbonyl (C=O) groups excluding carboxylic acids is 1. The van der Waals surface area contributed by atoms with Crippen LogP contribution in [0.3, 0.4) is 0 Å². The van der Waals surface area contributed by atoms with Crippen LogP contribution in [-0.4, -0.2) is 30.4 Å². The van der Waals surface area contributed by atoms with Crippen LogP contribution < -0.4 is 10.0 Å². The summed E-state index contributed by atoms with van der Waals surface area (Å²) in [6, 6.07) is 5.71. The van der Waals surface area contributed by atoms with E-state index in [1.165, 1.54) is 41.8 Å². The van der Waals surface area contributed by atoms with Gasteiger partial charge in [-0.3, -0.25) is 14.3 Å². The molecule has 0 radical (unpaired) electrons. The molecule has 10 heteroatoms. The molecule has 3 N–H and O–H groups in total. The fourth-order valence-corrected chi connectivity index (χ4v) is 5.70. The van der Waals surface area contributed by atoms with Crippen molar-refractivity contribution in [3.8, 4) is 0 Å². The molecule has 1 saturated carbocycles. The summed E-state index contributed by atoms with van der Waals surface area (Å²) < 4.78 is 27.1. The van der Waals surface area contributed by atoms with Crippen LogP contribution in [-0.2, 0) is 19.6 Å². The summed E-state index contributed by atoms with van der Waals surface area (Å²) in [5, 5.41) is 14.1. The maximum absolute atomic E-state index is 12.7. The number of rotatable bonds is 6. The van der Waals surface area contributed by atoms with Crippen LogP contribution in [0.1, 0.15) is 6.42 Å². The first-order chi connectivity index (χ1) is 13.3. The number of allylic oxidation sites excluding steroid dienone is 2. The van der Waals surface area contributed by atoms with Gasteiger partial charge in [-0.1, -0.05) is 12.2 Å². The minimum atomic E-state index is -3.77. The molecule has 1 amide bonds. The molecule has 4 rings (SSSR count). The van der Waals surface area contributed by atoms with E-state index in [1.807, 2.05) is 12.2 Å². The first kappa shape index (κ1) is 18.6. The summed E-state index contributed by atoms with van der Waals surface area (Å²) in [5.74, 6) is -2.86. The number of amides is 1. The zero-order chi connectivity index (χ0) is 19.9. The molecule has 0 aliphatic heterocycles. The van der Waals surface area contributed by atoms with Gasteiger partial charge in [-0.2, -0.15) is 0 Å². The molecule has 1 aromatic carbocycles. The van der Waals surface area contributed by atoms with Crippen LogP contribution in [0.15, 0.2) is 52.9 Å². The van der Waals surface area contributed by atoms with Crippen molar-refractivity contribution in [3.63, 3.8) is 0 Å². The number of aromatic nitrogens is 1. The van der Waals surface area contributed by atoms with E-state index >= 15 is 0 Å². The summed E-state index contributed by atoms with van der Waals surface area (Å²) in [4.78, 5) is 28.1. The summed E-state index contributed by atoms with van der Waals surface area (Å²) in [5.41, 5.74) is 0.411. The van der Waals surface area contributed by atoms with E-state index in [0.717, 1.165) is 0 Å². The molecule has 1 aromatic heterocycles. The van der Waals surface area contributed by atoms with Crippen LogP contribution in [0.2, 0.25) is 0 Å². The predicted molar refractivity (Wildman–Crippen MR) is 103 cm³/mol. The summed E-state index contributed by atoms with van der Waals surface area (Å²) >= 11 is 1.17. The Bertz CT molecular complexity index is 1030. The third-order valence-electron chi connectivity index (χ3n) is 5.13. The molecule has 2 aliphatic carbocycles. The molecule has 2 aliphatic rings. The van der Waals surface area contributed by atoms with Crippen LogP contribution in [0.5, 0.6) is 0 Å². The van der Waals surface area contributed by atoms with Gasteiger partial charge in [-0.25, -0.2) is 13.4 Å². The van der Waals surface area contributed by atoms with Gasteiger partial charge in [0, 0.05) is 17.3 Å². The minimum absolute atomic E-state index is 0.0342. The Labute approximate surface area is 165 Å². The number of nitrogens with zero attached hydrogens (tertiary/aromatic N) is 1. The number of nitrogens with one attached hydrogen (secondary N) is 2. The summed E-state index contributed by atoms with van der Waals surface area (Å²) in [6.45, 7) is 0. The second-order valence-electron chi connectivity index (χ2n) is 6.79. The van der Waals surface area contributed by atoms with Gasteiger partial charge in [0.05, 0.1) is 16.7 Å². The van der Waals surface area contributed by atoms with Crippen LogP contribution in [0, 0.1) is 23.7 Å². The molecule has 4 atom stereocenters. The molecular weight excluding hydrogens is 402 g/mol. The molecule has 0 saturated heterocycles. The second-order valence-corrected chi connectivity index (χ2v) is 9.37. The molecule has 8 nitrogen and oxygen atoms in total. The predicted octanol–water partition coefficient (Wildman–Crippen LogP) is 2.41. The Balaban J connectivity index is 1.47. The second kappa shape index (κ2) is 7.02. The van der Waals surface area contributed by atoms with E-state index < -0.39 is 27.8 Å². The van der Waals surface area contributed by atoms with E-state index in [1.54, 1.807) is 5.38 Å². The maximum Gasteiger partial charge on any atom is 0.307 e. The monoisotopic (exact) mass is 419 g/mol. The van der Waals surface area contributed by atoms with Crippen molar-refractivity contribution in [2.24, 2.45) is 23.7 Å². The SMILES string of the molecule is O=C(O)C1C2C=CC(C2)C1C(=O)Nc1ccc(S(=O)(=O)Nc2nccs2)cc1. The average molecular weight is 419 g/mol. The number of sulfonamides is 1. The third-order valence-corrected chi connectivity index (χ3v) is 7.31. The minimum Gasteiger partial charge on any atom is -0.481 e. The van der Waals surface area contributed by atoms with Crippen molar-refractivity contribution in [1.29, 1.82) is 0 Å². The fourth-order valence-electron chi connectivity index (χ4n) is 3.91. The van der Waals surface area contributed by atoms with Gasteiger partial charge in [0.25, 0.3) is 10.0 Å². The fraction of sp³-hybridized carbons (Fsp3) is 0.278. The van der Waals surface area contributed by atoms with E-state index in [0.29, 0.717) is 12.1 Å². The Hall–Kier alpha value is -2.72. The number of carbonyl (C=O) groups is 2. The lowest BCUT2D eigenvalue weighted by Gasteiger charge is -2.23. The average Bonchev–Trinajstić information content (AvgIpc) is 3.38. The van der Waals surface area contributed by atoms with Crippen LogP contribution in [0.25, 0.3) is 0 Å². The highest BCUT2D eigenvalue weighted by molar-refractivity contribution is 7.93. The van der Waals surface area contributed by atoms with Gasteiger partial charge in [-0.15, -0.1) is 11.3 Å². The van der Waals surface area contributed by atoms with Gasteiger partial charge >= 0.3 is 5.97 Å². The number of thiazole rings is 1. The smallest absolute Gasteiger partial charge is 0.307 e. The highest BCUT2D eigenvalue weighted by Gasteiger charge is 2.51. The number of benzene rings is 1. The molecule has 2 bridgehead atoms. The largest absolute Gasteiger partial charge is 0.481 e. The van der Waals surface area contributed by atoms with Gasteiger partial charge in [0.2, 0.25) is 5.91 Å². The lowest BCUT2D eigenvalue weighted by Crippen LogP contribution is -2.36. The number of hydrogen-bond donors (Lipinski definition) is 3. The zero-order valence-electron chi connectivity index (χ0n) is 14.5. The number of anilines is 2. The highest BCUT2D eigenvalue weighted by atomic mass is 32.2. The Morgan fingerprint density at radius 1 is 1.11 bits per heavy atom. The first-order valence-electron chi connectivity index (χ1n) is 8.59. The molecule has 146 valence electrons. The highest BCUT2D eigenvalue weighted by Crippen LogP contribution is 2.48. The zero-order valence-corrected chi connectivity index (χ0v) is 16.1. The number of carboxylic acids is 1. The van der Waals surface area contributed by atoms with Crippen LogP contribution in [0.4, 0.5) is 10.8 Å². The van der Waals surface area contributed by atoms with Crippen molar-refractivity contribution in [2.75, 3.05) is 10.0 Å². The van der Waals surface area contributed by atoms with Gasteiger partial charge in [0.1, 0.15) is 0 Å². The number of fused-ring (bicyclic) bond motifs is 2. The van der Waals surface area contributed by atoms with E-state index in [9.17, 15) is 23.1 Å². The quantitative estimate of drug-likeness (QED) is 0.618. The number of aliphatic carboxylic acids is 1. The van der Waals surface area contributed by atoms with E-state index in [4.69, 9.17) is 0 Å². The normalized spacial score (nSPS) is 25.6. The Morgan fingerprint density at radius 3 is 2.39 bits per heavy atom. The Morgan fingerprint density at radius 2 is 1.79 bits per heavy atom. The van der Waals surface area contributed by atoms with Crippen molar-refractivity contribution < 1.29 is 23.1 Å². The molecule has 0 spiro atoms. The number of hydrogen-bond acceptors (Lipinski definition) is 6. The van der Waals surface area contributed by atoms with Crippen molar-refractivity contribution in [2.45, 2.75) is 11.3 Å². The van der Waals surface area contributed by atoms with Gasteiger partial charge in [0.15, 0.2) is 5.13 Å². The molecule has 1 fully saturated rings. The van der Waals surface area contributed by atoms with E-state index in [-0.39, 0.29) is 27.8 Å². The van der Waals surface area contributed by atoms with Gasteiger partial charge < -0.3 is 10.4 Å². The van der Waals surface area contributed by atoms with Crippen molar-refractivity contribution in [1.82, 2.24) is 4.98 Å². The molecule has 4 unspecified atom stereocenters. The lowest BCUT2D eigenvalue weighted by molar-refractivity contribution is -0.146. The van der Waals surface area contributed by atoms with Crippen molar-refractivity contribution >= 4 is 44.1 Å². The molecule has 1 heterocycles. The van der Waals surface area contributed by atoms with Crippen molar-refractivity contribution in [3.05, 3.63) is 48.0 Å². The Kier molecular flexibility index (Phi) is 4.68. The van der Waals surface area contributed by atoms with E-state index in [2.05, 4.69) is 15.0 Å². The number of carboxylic acid groups (broad SMARTS) is 1. The molecular formula is C18H17N3O5S2. The molecule has 28 heavy (non-hydrogen) atoms. The van der Waals surface area contributed by atoms with Gasteiger partial charge in [-0.05, 0) is 42.5 Å². The first-order valence-corrected chi connectivity index (χ1v) is 11.0. The third kappa shape index (κ3) is 3.40. The van der Waals surface area contributed by atoms with Crippen LogP contribution >= 0.6 is 11.3 Å². The maximum atomic E-state index is 12.7.